The number of carbonyl (C=O) groups excluding carboxylic acids is 1. The lowest BCUT2D eigenvalue weighted by Gasteiger charge is -2.30. The number of fused-ring (bicyclic) bond motifs is 1. The molecule has 1 saturated carbocycles. The number of amides is 1. The Morgan fingerprint density at radius 3 is 2.72 bits per heavy atom. The topological polar surface area (TPSA) is 86.3 Å². The fraction of sp³-hybridized carbons (Fsp3) is 0.292. The van der Waals surface area contributed by atoms with Crippen molar-refractivity contribution in [3.05, 3.63) is 97.4 Å². The minimum absolute atomic E-state index is 0.0921. The number of benzene rings is 2. The van der Waals surface area contributed by atoms with Gasteiger partial charge in [0.05, 0.1) is 23.2 Å². The monoisotopic (exact) mass is 497 g/mol. The third-order valence-corrected chi connectivity index (χ3v) is 6.85. The summed E-state index contributed by atoms with van der Waals surface area (Å²) in [5.41, 5.74) is 1.65. The van der Waals surface area contributed by atoms with Crippen molar-refractivity contribution in [2.24, 2.45) is 0 Å². The molecule has 2 N–H and O–H groups in total. The van der Waals surface area contributed by atoms with Crippen LogP contribution >= 0.6 is 15.9 Å². The number of aromatic nitrogens is 2. The number of nitrogens with one attached hydrogen (secondary N) is 1. The van der Waals surface area contributed by atoms with Crippen molar-refractivity contribution >= 4 is 21.8 Å². The number of aromatic amines is 1. The molecule has 2 aliphatic rings. The van der Waals surface area contributed by atoms with Crippen molar-refractivity contribution in [1.29, 1.82) is 0 Å². The van der Waals surface area contributed by atoms with E-state index in [9.17, 15) is 19.1 Å². The summed E-state index contributed by atoms with van der Waals surface area (Å²) in [6, 6.07) is 13.4. The van der Waals surface area contributed by atoms with Gasteiger partial charge in [0.1, 0.15) is 11.6 Å². The minimum Gasteiger partial charge on any atom is -0.378 e. The SMILES string of the molecule is O=C([C@H](O)c1cccc(Br)c1)N1CCc2nc(C3(c4cccc(F)c4)CC3)[nH]c(=O)c2C1. The number of hydrogen-bond acceptors (Lipinski definition) is 4. The summed E-state index contributed by atoms with van der Waals surface area (Å²) in [7, 11) is 0. The van der Waals surface area contributed by atoms with Gasteiger partial charge in [-0.2, -0.15) is 0 Å². The maximum Gasteiger partial charge on any atom is 0.256 e. The first-order chi connectivity index (χ1) is 15.4. The molecule has 0 radical (unpaired) electrons. The Labute approximate surface area is 192 Å². The van der Waals surface area contributed by atoms with E-state index in [2.05, 4.69) is 20.9 Å². The highest BCUT2D eigenvalue weighted by molar-refractivity contribution is 9.10. The number of aliphatic hydroxyl groups is 1. The lowest BCUT2D eigenvalue weighted by molar-refractivity contribution is -0.141. The van der Waals surface area contributed by atoms with Crippen molar-refractivity contribution in [2.45, 2.75) is 37.3 Å². The first-order valence-corrected chi connectivity index (χ1v) is 11.3. The van der Waals surface area contributed by atoms with Gasteiger partial charge in [-0.15, -0.1) is 0 Å². The van der Waals surface area contributed by atoms with E-state index in [4.69, 9.17) is 4.98 Å². The highest BCUT2D eigenvalue weighted by Gasteiger charge is 2.49. The molecular formula is C24H21BrFN3O3. The van der Waals surface area contributed by atoms with Crippen LogP contribution in [-0.4, -0.2) is 32.4 Å². The van der Waals surface area contributed by atoms with E-state index in [1.165, 1.54) is 17.0 Å². The van der Waals surface area contributed by atoms with Crippen LogP contribution in [0.25, 0.3) is 0 Å². The van der Waals surface area contributed by atoms with Crippen molar-refractivity contribution in [1.82, 2.24) is 14.9 Å². The largest absolute Gasteiger partial charge is 0.378 e. The van der Waals surface area contributed by atoms with Crippen molar-refractivity contribution in [3.63, 3.8) is 0 Å². The van der Waals surface area contributed by atoms with E-state index in [0.29, 0.717) is 35.6 Å². The maximum absolute atomic E-state index is 13.8. The summed E-state index contributed by atoms with van der Waals surface area (Å²) >= 11 is 3.34. The van der Waals surface area contributed by atoms with Gasteiger partial charge in [-0.05, 0) is 48.2 Å². The van der Waals surface area contributed by atoms with Gasteiger partial charge in [0.15, 0.2) is 6.10 Å². The normalized spacial score (nSPS) is 17.5. The molecule has 1 atom stereocenters. The van der Waals surface area contributed by atoms with E-state index in [1.54, 1.807) is 24.3 Å². The van der Waals surface area contributed by atoms with E-state index in [0.717, 1.165) is 22.9 Å². The number of rotatable bonds is 4. The summed E-state index contributed by atoms with van der Waals surface area (Å²) in [5, 5.41) is 10.5. The molecule has 8 heteroatoms. The lowest BCUT2D eigenvalue weighted by atomic mass is 9.94. The zero-order valence-corrected chi connectivity index (χ0v) is 18.7. The summed E-state index contributed by atoms with van der Waals surface area (Å²) < 4.78 is 14.5. The maximum atomic E-state index is 13.8. The van der Waals surface area contributed by atoms with Gasteiger partial charge < -0.3 is 15.0 Å². The Kier molecular flexibility index (Phi) is 5.22. The van der Waals surface area contributed by atoms with Crippen LogP contribution in [0.15, 0.2) is 57.8 Å². The third kappa shape index (κ3) is 3.67. The molecule has 32 heavy (non-hydrogen) atoms. The smallest absolute Gasteiger partial charge is 0.256 e. The predicted molar refractivity (Wildman–Crippen MR) is 119 cm³/mol. The van der Waals surface area contributed by atoms with Crippen LogP contribution in [0.5, 0.6) is 0 Å². The summed E-state index contributed by atoms with van der Waals surface area (Å²) in [6.45, 7) is 0.453. The van der Waals surface area contributed by atoms with Gasteiger partial charge in [-0.1, -0.05) is 40.2 Å². The number of hydrogen-bond donors (Lipinski definition) is 2. The molecule has 1 fully saturated rings. The van der Waals surface area contributed by atoms with Gasteiger partial charge >= 0.3 is 0 Å². The zero-order chi connectivity index (χ0) is 22.5. The third-order valence-electron chi connectivity index (χ3n) is 6.36. The van der Waals surface area contributed by atoms with Crippen LogP contribution in [0.4, 0.5) is 4.39 Å². The Balaban J connectivity index is 1.41. The highest BCUT2D eigenvalue weighted by atomic mass is 79.9. The van der Waals surface area contributed by atoms with Crippen LogP contribution < -0.4 is 5.56 Å². The van der Waals surface area contributed by atoms with Gasteiger partial charge in [0, 0.05) is 17.4 Å². The highest BCUT2D eigenvalue weighted by Crippen LogP contribution is 2.52. The van der Waals surface area contributed by atoms with Gasteiger partial charge in [-0.3, -0.25) is 9.59 Å². The van der Waals surface area contributed by atoms with Gasteiger partial charge in [-0.25, -0.2) is 9.37 Å². The van der Waals surface area contributed by atoms with Crippen LogP contribution in [0.3, 0.4) is 0 Å². The van der Waals surface area contributed by atoms with E-state index in [-0.39, 0.29) is 17.9 Å². The van der Waals surface area contributed by atoms with Crippen LogP contribution in [0.1, 0.15) is 47.2 Å². The second-order valence-corrected chi connectivity index (χ2v) is 9.32. The molecule has 1 amide bonds. The van der Waals surface area contributed by atoms with Crippen LogP contribution in [-0.2, 0) is 23.2 Å². The quantitative estimate of drug-likeness (QED) is 0.578. The van der Waals surface area contributed by atoms with Crippen molar-refractivity contribution in [3.8, 4) is 0 Å². The van der Waals surface area contributed by atoms with Crippen molar-refractivity contribution in [2.75, 3.05) is 6.54 Å². The number of H-pyrrole nitrogens is 1. The molecule has 0 spiro atoms. The van der Waals surface area contributed by atoms with E-state index in [1.807, 2.05) is 12.1 Å². The molecule has 3 aromatic rings. The summed E-state index contributed by atoms with van der Waals surface area (Å²) in [5.74, 6) is -0.205. The second kappa shape index (κ2) is 7.94. The molecule has 1 aromatic heterocycles. The molecule has 1 aliphatic heterocycles. The Bertz CT molecular complexity index is 1270. The Hall–Kier alpha value is -2.84. The van der Waals surface area contributed by atoms with Gasteiger partial charge in [0.2, 0.25) is 0 Å². The summed E-state index contributed by atoms with van der Waals surface area (Å²) in [6.07, 6.45) is 0.703. The first kappa shape index (κ1) is 21.0. The molecule has 0 saturated heterocycles. The Morgan fingerprint density at radius 1 is 1.22 bits per heavy atom. The standard InChI is InChI=1S/C24H21BrFN3O3/c25-16-5-1-3-14(11-16)20(30)22(32)29-10-7-19-18(13-29)21(31)28-23(27-19)24(8-9-24)15-4-2-6-17(26)12-15/h1-6,11-12,20,30H,7-10,13H2,(H,27,28,31)/t20-/m1/s1. The van der Waals surface area contributed by atoms with Crippen LogP contribution in [0, 0.1) is 5.82 Å². The molecule has 2 heterocycles. The fourth-order valence-corrected chi connectivity index (χ4v) is 4.82. The Morgan fingerprint density at radius 2 is 2.00 bits per heavy atom. The average Bonchev–Trinajstić information content (AvgIpc) is 3.60. The molecule has 0 bridgehead atoms. The van der Waals surface area contributed by atoms with E-state index < -0.39 is 17.4 Å². The predicted octanol–water partition coefficient (Wildman–Crippen LogP) is 3.37. The summed E-state index contributed by atoms with van der Waals surface area (Å²) in [4.78, 5) is 34.9. The minimum atomic E-state index is -1.30. The molecule has 0 unspecified atom stereocenters. The first-order valence-electron chi connectivity index (χ1n) is 10.5. The average molecular weight is 498 g/mol. The zero-order valence-electron chi connectivity index (χ0n) is 17.1. The van der Waals surface area contributed by atoms with Crippen LogP contribution in [0.2, 0.25) is 0 Å². The molecule has 5 rings (SSSR count). The number of aliphatic hydroxyl groups excluding tert-OH is 1. The molecular weight excluding hydrogens is 477 g/mol. The van der Waals surface area contributed by atoms with Gasteiger partial charge in [0.25, 0.3) is 11.5 Å². The molecule has 164 valence electrons. The second-order valence-electron chi connectivity index (χ2n) is 8.40. The molecule has 2 aromatic carbocycles. The number of nitrogens with zero attached hydrogens (tertiary/aromatic N) is 2. The molecule has 6 nitrogen and oxygen atoms in total. The number of halogens is 2. The fourth-order valence-electron chi connectivity index (χ4n) is 4.41. The van der Waals surface area contributed by atoms with E-state index >= 15 is 0 Å². The van der Waals surface area contributed by atoms with Crippen molar-refractivity contribution < 1.29 is 14.3 Å². The lowest BCUT2D eigenvalue weighted by Crippen LogP contribution is -2.42. The number of carbonyl (C=O) groups is 1. The molecule has 1 aliphatic carbocycles.